The van der Waals surface area contributed by atoms with Gasteiger partial charge < -0.3 is 9.84 Å². The minimum atomic E-state index is 0.172. The van der Waals surface area contributed by atoms with Crippen LogP contribution in [-0.4, -0.2) is 16.7 Å². The summed E-state index contributed by atoms with van der Waals surface area (Å²) in [6.07, 6.45) is 4.86. The van der Waals surface area contributed by atoms with E-state index < -0.39 is 0 Å². The first-order valence-corrected chi connectivity index (χ1v) is 5.88. The van der Waals surface area contributed by atoms with E-state index in [4.69, 9.17) is 4.52 Å². The van der Waals surface area contributed by atoms with Gasteiger partial charge in [-0.1, -0.05) is 18.5 Å². The van der Waals surface area contributed by atoms with Gasteiger partial charge in [0, 0.05) is 5.92 Å². The molecule has 1 saturated carbocycles. The molecular formula is C11H19N3O. The first kappa shape index (κ1) is 10.6. The van der Waals surface area contributed by atoms with Crippen LogP contribution in [0.2, 0.25) is 0 Å². The monoisotopic (exact) mass is 209 g/mol. The molecule has 0 spiro atoms. The first-order chi connectivity index (χ1) is 7.31. The molecule has 1 N–H and O–H groups in total. The zero-order chi connectivity index (χ0) is 10.7. The van der Waals surface area contributed by atoms with Gasteiger partial charge in [0.2, 0.25) is 5.89 Å². The molecule has 1 aromatic heterocycles. The zero-order valence-electron chi connectivity index (χ0n) is 9.49. The van der Waals surface area contributed by atoms with Crippen molar-refractivity contribution < 1.29 is 4.52 Å². The van der Waals surface area contributed by atoms with Gasteiger partial charge >= 0.3 is 0 Å². The fourth-order valence-electron chi connectivity index (χ4n) is 1.70. The molecule has 2 rings (SSSR count). The van der Waals surface area contributed by atoms with E-state index in [-0.39, 0.29) is 6.04 Å². The summed E-state index contributed by atoms with van der Waals surface area (Å²) in [4.78, 5) is 4.44. The molecule has 0 saturated heterocycles. The lowest BCUT2D eigenvalue weighted by Gasteiger charge is -2.21. The van der Waals surface area contributed by atoms with Gasteiger partial charge in [-0.2, -0.15) is 4.98 Å². The number of nitrogens with one attached hydrogen (secondary N) is 1. The zero-order valence-corrected chi connectivity index (χ0v) is 9.49. The molecule has 84 valence electrons. The maximum absolute atomic E-state index is 5.26. The van der Waals surface area contributed by atoms with Crippen molar-refractivity contribution in [1.29, 1.82) is 0 Å². The number of hydrogen-bond donors (Lipinski definition) is 1. The molecule has 1 heterocycles. The molecule has 0 aromatic carbocycles. The van der Waals surface area contributed by atoms with Crippen molar-refractivity contribution >= 4 is 0 Å². The van der Waals surface area contributed by atoms with Crippen molar-refractivity contribution in [3.05, 3.63) is 11.7 Å². The Balaban J connectivity index is 1.93. The quantitative estimate of drug-likeness (QED) is 0.809. The van der Waals surface area contributed by atoms with E-state index in [1.807, 2.05) is 0 Å². The van der Waals surface area contributed by atoms with Crippen LogP contribution in [0, 0.1) is 0 Å². The van der Waals surface area contributed by atoms with Crippen LogP contribution in [0.1, 0.15) is 63.2 Å². The maximum atomic E-state index is 5.26. The predicted molar refractivity (Wildman–Crippen MR) is 57.6 cm³/mol. The minimum Gasteiger partial charge on any atom is -0.338 e. The Labute approximate surface area is 90.4 Å². The number of rotatable bonds is 5. The fourth-order valence-corrected chi connectivity index (χ4v) is 1.70. The summed E-state index contributed by atoms with van der Waals surface area (Å²) in [5.74, 6) is 2.19. The second-order valence-electron chi connectivity index (χ2n) is 4.29. The first-order valence-electron chi connectivity index (χ1n) is 5.88. The number of aromatic nitrogens is 2. The maximum Gasteiger partial charge on any atom is 0.243 e. The number of nitrogens with zero attached hydrogens (tertiary/aromatic N) is 2. The van der Waals surface area contributed by atoms with Crippen molar-refractivity contribution in [2.75, 3.05) is 6.54 Å². The molecule has 1 atom stereocenters. The van der Waals surface area contributed by atoms with E-state index in [2.05, 4.69) is 29.3 Å². The van der Waals surface area contributed by atoms with E-state index in [9.17, 15) is 0 Å². The third-order valence-electron chi connectivity index (χ3n) is 3.00. The molecule has 1 aromatic rings. The van der Waals surface area contributed by atoms with Crippen molar-refractivity contribution in [2.24, 2.45) is 0 Å². The van der Waals surface area contributed by atoms with Gasteiger partial charge in [0.05, 0.1) is 6.04 Å². The molecule has 4 nitrogen and oxygen atoms in total. The van der Waals surface area contributed by atoms with Crippen molar-refractivity contribution in [3.8, 4) is 0 Å². The standard InChI is InChI=1S/C11H19N3O/c1-3-7-12-8(2)11-13-10(14-15-11)9-5-4-6-9/h8-9,12H,3-7H2,1-2H3. The van der Waals surface area contributed by atoms with Crippen LogP contribution in [0.25, 0.3) is 0 Å². The van der Waals surface area contributed by atoms with E-state index >= 15 is 0 Å². The summed E-state index contributed by atoms with van der Waals surface area (Å²) in [5.41, 5.74) is 0. The highest BCUT2D eigenvalue weighted by atomic mass is 16.5. The molecular weight excluding hydrogens is 190 g/mol. The van der Waals surface area contributed by atoms with E-state index in [0.29, 0.717) is 5.92 Å². The predicted octanol–water partition coefficient (Wildman–Crippen LogP) is 2.40. The van der Waals surface area contributed by atoms with Crippen molar-refractivity contribution in [1.82, 2.24) is 15.5 Å². The van der Waals surface area contributed by atoms with Crippen LogP contribution < -0.4 is 5.32 Å². The average Bonchev–Trinajstić information content (AvgIpc) is 2.60. The van der Waals surface area contributed by atoms with Crippen LogP contribution in [-0.2, 0) is 0 Å². The van der Waals surface area contributed by atoms with Crippen molar-refractivity contribution in [3.63, 3.8) is 0 Å². The summed E-state index contributed by atoms with van der Waals surface area (Å²) < 4.78 is 5.26. The Morgan fingerprint density at radius 3 is 2.93 bits per heavy atom. The Hall–Kier alpha value is -0.900. The summed E-state index contributed by atoms with van der Waals surface area (Å²) in [7, 11) is 0. The highest BCUT2D eigenvalue weighted by molar-refractivity contribution is 5.01. The van der Waals surface area contributed by atoms with Gasteiger partial charge in [-0.15, -0.1) is 0 Å². The van der Waals surface area contributed by atoms with Gasteiger partial charge in [0.15, 0.2) is 5.82 Å². The van der Waals surface area contributed by atoms with E-state index in [0.717, 1.165) is 24.7 Å². The molecule has 15 heavy (non-hydrogen) atoms. The van der Waals surface area contributed by atoms with Gasteiger partial charge in [-0.25, -0.2) is 0 Å². The summed E-state index contributed by atoms with van der Waals surface area (Å²) >= 11 is 0. The largest absolute Gasteiger partial charge is 0.338 e. The normalized spacial score (nSPS) is 18.8. The molecule has 1 unspecified atom stereocenters. The minimum absolute atomic E-state index is 0.172. The molecule has 0 radical (unpaired) electrons. The number of hydrogen-bond acceptors (Lipinski definition) is 4. The van der Waals surface area contributed by atoms with Crippen molar-refractivity contribution in [2.45, 2.75) is 51.5 Å². The van der Waals surface area contributed by atoms with Crippen LogP contribution in [0.15, 0.2) is 4.52 Å². The van der Waals surface area contributed by atoms with Gasteiger partial charge in [0.25, 0.3) is 0 Å². The fraction of sp³-hybridized carbons (Fsp3) is 0.818. The molecule has 4 heteroatoms. The van der Waals surface area contributed by atoms with Gasteiger partial charge in [-0.3, -0.25) is 0 Å². The van der Waals surface area contributed by atoms with E-state index in [1.54, 1.807) is 0 Å². The lowest BCUT2D eigenvalue weighted by Crippen LogP contribution is -2.19. The smallest absolute Gasteiger partial charge is 0.243 e. The van der Waals surface area contributed by atoms with Gasteiger partial charge in [-0.05, 0) is 32.7 Å². The van der Waals surface area contributed by atoms with Crippen LogP contribution in [0.3, 0.4) is 0 Å². The topological polar surface area (TPSA) is 51.0 Å². The Kier molecular flexibility index (Phi) is 3.36. The van der Waals surface area contributed by atoms with Crippen LogP contribution in [0.4, 0.5) is 0 Å². The average molecular weight is 209 g/mol. The summed E-state index contributed by atoms with van der Waals surface area (Å²) in [6.45, 7) is 5.20. The highest BCUT2D eigenvalue weighted by Crippen LogP contribution is 2.34. The molecule has 1 aliphatic carbocycles. The summed E-state index contributed by atoms with van der Waals surface area (Å²) in [6, 6.07) is 0.172. The van der Waals surface area contributed by atoms with Crippen LogP contribution >= 0.6 is 0 Å². The van der Waals surface area contributed by atoms with Crippen LogP contribution in [0.5, 0.6) is 0 Å². The molecule has 0 bridgehead atoms. The lowest BCUT2D eigenvalue weighted by atomic mass is 9.85. The summed E-state index contributed by atoms with van der Waals surface area (Å²) in [5, 5.41) is 7.38. The third kappa shape index (κ3) is 2.37. The molecule has 1 fully saturated rings. The Bertz CT molecular complexity index is 307. The second-order valence-corrected chi connectivity index (χ2v) is 4.29. The SMILES string of the molecule is CCCNC(C)c1nc(C2CCC2)no1. The third-order valence-corrected chi connectivity index (χ3v) is 3.00. The molecule has 1 aliphatic rings. The Morgan fingerprint density at radius 1 is 1.53 bits per heavy atom. The highest BCUT2D eigenvalue weighted by Gasteiger charge is 2.25. The Morgan fingerprint density at radius 2 is 2.33 bits per heavy atom. The lowest BCUT2D eigenvalue weighted by molar-refractivity contribution is 0.325. The van der Waals surface area contributed by atoms with Gasteiger partial charge in [0.1, 0.15) is 0 Å². The second kappa shape index (κ2) is 4.75. The molecule has 0 amide bonds. The van der Waals surface area contributed by atoms with E-state index in [1.165, 1.54) is 19.3 Å². The molecule has 0 aliphatic heterocycles.